The zero-order chi connectivity index (χ0) is 23.1. The van der Waals surface area contributed by atoms with Crippen LogP contribution in [0.25, 0.3) is 10.9 Å². The van der Waals surface area contributed by atoms with Gasteiger partial charge < -0.3 is 24.3 Å². The van der Waals surface area contributed by atoms with Crippen molar-refractivity contribution in [2.45, 2.75) is 18.5 Å². The number of carbonyl (C=O) groups is 2. The highest BCUT2D eigenvalue weighted by Gasteiger charge is 2.47. The van der Waals surface area contributed by atoms with Crippen LogP contribution in [0.4, 0.5) is 0 Å². The minimum Gasteiger partial charge on any atom is -0.454 e. The van der Waals surface area contributed by atoms with Crippen LogP contribution in [-0.2, 0) is 16.0 Å². The van der Waals surface area contributed by atoms with Crippen LogP contribution in [0.1, 0.15) is 28.3 Å². The van der Waals surface area contributed by atoms with Crippen molar-refractivity contribution in [1.29, 1.82) is 0 Å². The van der Waals surface area contributed by atoms with E-state index in [0.717, 1.165) is 10.9 Å². The van der Waals surface area contributed by atoms with Gasteiger partial charge >= 0.3 is 0 Å². The molecule has 3 aliphatic rings. The lowest BCUT2D eigenvalue weighted by Crippen LogP contribution is -2.62. The second-order valence-corrected chi connectivity index (χ2v) is 7.36. The number of rotatable bonds is 1. The second-order valence-electron chi connectivity index (χ2n) is 7.36. The largest absolute Gasteiger partial charge is 0.454 e. The topological polar surface area (TPSA) is 74.9 Å². The molecule has 3 aromatic rings. The summed E-state index contributed by atoms with van der Waals surface area (Å²) in [5, 5.41) is 0.829. The van der Waals surface area contributed by atoms with Crippen LogP contribution in [0.5, 0.6) is 11.5 Å². The maximum Gasteiger partial charge on any atom is 0.245 e. The molecular weight excluding hydrogens is 370 g/mol. The lowest BCUT2D eigenvalue weighted by Gasteiger charge is -2.46. The molecule has 0 spiro atoms. The number of carbonyl (C=O) groups excluding carboxylic acids is 2. The molecule has 0 aliphatic carbocycles. The van der Waals surface area contributed by atoms with Gasteiger partial charge in [0.2, 0.25) is 18.6 Å². The van der Waals surface area contributed by atoms with E-state index in [4.69, 9.17) is 13.6 Å². The lowest BCUT2D eigenvalue weighted by atomic mass is 9.86. The van der Waals surface area contributed by atoms with Gasteiger partial charge in [-0.15, -0.1) is 0 Å². The van der Waals surface area contributed by atoms with Gasteiger partial charge in [0.15, 0.2) is 11.5 Å². The molecule has 6 rings (SSSR count). The smallest absolute Gasteiger partial charge is 0.245 e. The molecule has 1 aromatic heterocycles. The van der Waals surface area contributed by atoms with E-state index in [0.29, 0.717) is 33.2 Å². The minimum atomic E-state index is -2.82. The van der Waals surface area contributed by atoms with Crippen LogP contribution in [0.2, 0.25) is 0 Å². The van der Waals surface area contributed by atoms with E-state index in [1.165, 1.54) is 4.90 Å². The van der Waals surface area contributed by atoms with E-state index in [1.807, 2.05) is 24.3 Å². The highest BCUT2D eigenvalue weighted by molar-refractivity contribution is 5.97. The molecule has 2 aromatic carbocycles. The number of fused-ring (bicyclic) bond motifs is 5. The fourth-order valence-corrected chi connectivity index (χ4v) is 4.49. The Hall–Kier alpha value is -3.48. The molecule has 29 heavy (non-hydrogen) atoms. The average Bonchev–Trinajstić information content (AvgIpc) is 3.38. The number of amides is 2. The molecule has 4 heterocycles. The van der Waals surface area contributed by atoms with Gasteiger partial charge in [-0.3, -0.25) is 9.59 Å². The molecule has 0 bridgehead atoms. The third kappa shape index (κ3) is 2.24. The predicted molar refractivity (Wildman–Crippen MR) is 105 cm³/mol. The number of hydrogen-bond acceptors (Lipinski definition) is 4. The quantitative estimate of drug-likeness (QED) is 0.688. The van der Waals surface area contributed by atoms with E-state index < -0.39 is 37.4 Å². The second kappa shape index (κ2) is 5.76. The summed E-state index contributed by atoms with van der Waals surface area (Å²) in [5.41, 5.74) is 2.85. The molecule has 146 valence electrons. The molecule has 1 N–H and O–H groups in total. The number of piperazine rings is 1. The van der Waals surface area contributed by atoms with E-state index in [9.17, 15) is 11.0 Å². The number of ether oxygens (including phenoxy) is 2. The van der Waals surface area contributed by atoms with Crippen LogP contribution in [0.15, 0.2) is 42.5 Å². The van der Waals surface area contributed by atoms with Crippen molar-refractivity contribution in [3.05, 3.63) is 59.3 Å². The molecule has 2 amide bonds. The predicted octanol–water partition coefficient (Wildman–Crippen LogP) is 2.21. The number of H-pyrrole nitrogens is 1. The molecule has 1 fully saturated rings. The van der Waals surface area contributed by atoms with Gasteiger partial charge in [-0.05, 0) is 29.3 Å². The number of benzene rings is 2. The average molecular weight is 393 g/mol. The summed E-state index contributed by atoms with van der Waals surface area (Å²) >= 11 is 0. The Balaban J connectivity index is 1.60. The van der Waals surface area contributed by atoms with Gasteiger partial charge in [-0.2, -0.15) is 0 Å². The Morgan fingerprint density at radius 1 is 1.17 bits per heavy atom. The Morgan fingerprint density at radius 3 is 2.93 bits per heavy atom. The van der Waals surface area contributed by atoms with E-state index in [2.05, 4.69) is 4.98 Å². The first kappa shape index (κ1) is 12.9. The van der Waals surface area contributed by atoms with Crippen molar-refractivity contribution >= 4 is 22.7 Å². The Bertz CT molecular complexity index is 1340. The fraction of sp³-hybridized carbons (Fsp3) is 0.273. The zero-order valence-electron chi connectivity index (χ0n) is 19.3. The summed E-state index contributed by atoms with van der Waals surface area (Å²) < 4.78 is 43.3. The molecule has 1 unspecified atom stereocenters. The highest BCUT2D eigenvalue weighted by Crippen LogP contribution is 2.44. The van der Waals surface area contributed by atoms with Crippen LogP contribution in [0.3, 0.4) is 0 Å². The molecule has 7 nitrogen and oxygen atoms in total. The minimum absolute atomic E-state index is 0.0815. The van der Waals surface area contributed by atoms with Crippen molar-refractivity contribution in [3.63, 3.8) is 0 Å². The lowest BCUT2D eigenvalue weighted by molar-refractivity contribution is -0.157. The standard InChI is InChI=1S/C22H19N3O4/c1-24-10-19(26)25-16(22(24)27)9-14-13-4-2-3-5-15(13)23-20(14)21(25)12-6-7-17-18(8-12)29-11-28-17/h2-8,16,21,23H,9-11H2,1H3/t16-,21?/m1/s1/i1D3,16D. The number of hydrogen-bond donors (Lipinski definition) is 1. The summed E-state index contributed by atoms with van der Waals surface area (Å²) in [7, 11) is 0. The van der Waals surface area contributed by atoms with E-state index >= 15 is 0 Å². The van der Waals surface area contributed by atoms with E-state index in [-0.39, 0.29) is 13.2 Å². The van der Waals surface area contributed by atoms with Gasteiger partial charge in [0.05, 0.1) is 14.0 Å². The number of likely N-dealkylation sites (N-methyl/N-ethyl adjacent to an activating group) is 1. The third-order valence-corrected chi connectivity index (χ3v) is 5.78. The number of nitrogens with one attached hydrogen (secondary N) is 1. The maximum atomic E-state index is 13.4. The van der Waals surface area contributed by atoms with Crippen molar-refractivity contribution in [2.75, 3.05) is 20.3 Å². The van der Waals surface area contributed by atoms with Crippen molar-refractivity contribution in [1.82, 2.24) is 14.8 Å². The first-order chi connectivity index (χ1) is 15.7. The molecule has 3 aliphatic heterocycles. The summed E-state index contributed by atoms with van der Waals surface area (Å²) in [6.07, 6.45) is -0.120. The maximum absolute atomic E-state index is 13.4. The van der Waals surface area contributed by atoms with Crippen LogP contribution >= 0.6 is 0 Å². The summed E-state index contributed by atoms with van der Waals surface area (Å²) in [6.45, 7) is -3.35. The number of para-hydroxylation sites is 1. The van der Waals surface area contributed by atoms with Gasteiger partial charge in [-0.25, -0.2) is 0 Å². The molecule has 7 heteroatoms. The Morgan fingerprint density at radius 2 is 2.03 bits per heavy atom. The van der Waals surface area contributed by atoms with Crippen molar-refractivity contribution in [3.8, 4) is 11.5 Å². The van der Waals surface area contributed by atoms with Gasteiger partial charge in [0, 0.05) is 34.1 Å². The van der Waals surface area contributed by atoms with Crippen molar-refractivity contribution in [2.24, 2.45) is 0 Å². The number of nitrogens with zero attached hydrogens (tertiary/aromatic N) is 2. The van der Waals surface area contributed by atoms with Crippen LogP contribution < -0.4 is 9.47 Å². The zero-order valence-corrected chi connectivity index (χ0v) is 15.3. The van der Waals surface area contributed by atoms with Crippen molar-refractivity contribution < 1.29 is 24.5 Å². The monoisotopic (exact) mass is 393 g/mol. The summed E-state index contributed by atoms with van der Waals surface area (Å²) in [4.78, 5) is 31.9. The van der Waals surface area contributed by atoms with Crippen LogP contribution in [0, 0.1) is 0 Å². The SMILES string of the molecule is [2H]C([2H])([2H])N1CC(=O)N2C(c3ccc4c(c3)OCO4)c3[nH]c4ccccc4c3C[C@]2([2H])C1=O. The first-order valence-corrected chi connectivity index (χ1v) is 9.32. The molecule has 1 saturated heterocycles. The highest BCUT2D eigenvalue weighted by atomic mass is 16.7. The Kier molecular flexibility index (Phi) is 2.56. The normalized spacial score (nSPS) is 27.8. The molecular formula is C22H19N3O4. The van der Waals surface area contributed by atoms with Gasteiger partial charge in [-0.1, -0.05) is 24.3 Å². The first-order valence-electron chi connectivity index (χ1n) is 11.3. The van der Waals surface area contributed by atoms with E-state index in [1.54, 1.807) is 18.2 Å². The molecule has 0 radical (unpaired) electrons. The van der Waals surface area contributed by atoms with Crippen LogP contribution in [-0.4, -0.2) is 52.9 Å². The number of aromatic nitrogens is 1. The summed E-state index contributed by atoms with van der Waals surface area (Å²) in [5.74, 6) is -0.444. The summed E-state index contributed by atoms with van der Waals surface area (Å²) in [6, 6.07) is 9.83. The molecule has 2 atom stereocenters. The number of aromatic amines is 1. The fourth-order valence-electron chi connectivity index (χ4n) is 4.49. The van der Waals surface area contributed by atoms with Gasteiger partial charge in [0.25, 0.3) is 0 Å². The third-order valence-electron chi connectivity index (χ3n) is 5.78. The molecule has 0 saturated carbocycles. The van der Waals surface area contributed by atoms with Gasteiger partial charge in [0.1, 0.15) is 6.02 Å². The Labute approximate surface area is 172 Å².